The summed E-state index contributed by atoms with van der Waals surface area (Å²) >= 11 is 0. The van der Waals surface area contributed by atoms with Crippen molar-refractivity contribution >= 4 is 5.91 Å². The summed E-state index contributed by atoms with van der Waals surface area (Å²) in [4.78, 5) is 14.6. The largest absolute Gasteiger partial charge is 0.355 e. The molecule has 1 fully saturated rings. The van der Waals surface area contributed by atoms with Crippen molar-refractivity contribution in [3.8, 4) is 0 Å². The summed E-state index contributed by atoms with van der Waals surface area (Å²) in [6, 6.07) is 8.39. The molecule has 0 bridgehead atoms. The number of rotatable bonds is 5. The van der Waals surface area contributed by atoms with Crippen LogP contribution in [0, 0.1) is 11.7 Å². The number of hydrogen-bond acceptors (Lipinski definition) is 3. The van der Waals surface area contributed by atoms with Crippen LogP contribution in [0.3, 0.4) is 0 Å². The Morgan fingerprint density at radius 2 is 2.04 bits per heavy atom. The van der Waals surface area contributed by atoms with Gasteiger partial charge in [-0.05, 0) is 56.1 Å². The van der Waals surface area contributed by atoms with Gasteiger partial charge in [0.15, 0.2) is 0 Å². The van der Waals surface area contributed by atoms with Gasteiger partial charge in [-0.15, -0.1) is 0 Å². The molecule has 2 aromatic rings. The topological polar surface area (TPSA) is 50.2 Å². The van der Waals surface area contributed by atoms with Crippen LogP contribution in [-0.4, -0.2) is 40.7 Å². The lowest BCUT2D eigenvalue weighted by atomic mass is 9.87. The van der Waals surface area contributed by atoms with Crippen LogP contribution in [0.25, 0.3) is 0 Å². The van der Waals surface area contributed by atoms with E-state index in [1.54, 1.807) is 12.1 Å². The molecule has 6 heteroatoms. The van der Waals surface area contributed by atoms with Crippen LogP contribution in [0.2, 0.25) is 0 Å². The molecule has 0 aliphatic carbocycles. The Balaban J connectivity index is 1.61. The molecule has 5 nitrogen and oxygen atoms in total. The Morgan fingerprint density at radius 1 is 1.28 bits per heavy atom. The minimum absolute atomic E-state index is 0.0245. The van der Waals surface area contributed by atoms with Crippen molar-refractivity contribution in [3.05, 3.63) is 53.6 Å². The number of aromatic nitrogens is 2. The highest BCUT2D eigenvalue weighted by Gasteiger charge is 2.32. The third-order valence-corrected chi connectivity index (χ3v) is 5.01. The van der Waals surface area contributed by atoms with Gasteiger partial charge in [-0.3, -0.25) is 14.4 Å². The Labute approximate surface area is 147 Å². The smallest absolute Gasteiger partial charge is 0.224 e. The third kappa shape index (κ3) is 4.25. The van der Waals surface area contributed by atoms with Crippen molar-refractivity contribution < 1.29 is 9.18 Å². The molecule has 134 valence electrons. The van der Waals surface area contributed by atoms with Crippen LogP contribution in [0.4, 0.5) is 4.39 Å². The number of hydrogen-bond donors (Lipinski definition) is 1. The molecule has 2 heterocycles. The van der Waals surface area contributed by atoms with Crippen LogP contribution in [0.5, 0.6) is 0 Å². The monoisotopic (exact) mass is 344 g/mol. The zero-order valence-electron chi connectivity index (χ0n) is 14.8. The van der Waals surface area contributed by atoms with Gasteiger partial charge in [0.25, 0.3) is 0 Å². The summed E-state index contributed by atoms with van der Waals surface area (Å²) in [5, 5.41) is 7.35. The molecular weight excluding hydrogens is 319 g/mol. The summed E-state index contributed by atoms with van der Waals surface area (Å²) in [5.74, 6) is 0.0447. The van der Waals surface area contributed by atoms with E-state index in [1.807, 2.05) is 17.9 Å². The molecule has 1 aliphatic rings. The summed E-state index contributed by atoms with van der Waals surface area (Å²) in [6.45, 7) is 1.69. The second-order valence-electron chi connectivity index (χ2n) is 6.81. The number of halogens is 1. The second kappa shape index (κ2) is 7.78. The van der Waals surface area contributed by atoms with Crippen molar-refractivity contribution in [2.24, 2.45) is 13.0 Å². The van der Waals surface area contributed by atoms with Gasteiger partial charge in [0, 0.05) is 19.8 Å². The van der Waals surface area contributed by atoms with E-state index in [4.69, 9.17) is 0 Å². The lowest BCUT2D eigenvalue weighted by Crippen LogP contribution is -2.42. The Hall–Kier alpha value is -2.21. The summed E-state index contributed by atoms with van der Waals surface area (Å²) < 4.78 is 14.9. The normalized spacial score (nSPS) is 21.2. The van der Waals surface area contributed by atoms with Gasteiger partial charge >= 0.3 is 0 Å². The van der Waals surface area contributed by atoms with Crippen molar-refractivity contribution in [2.45, 2.75) is 25.3 Å². The highest BCUT2D eigenvalue weighted by atomic mass is 19.1. The molecule has 1 saturated heterocycles. The Bertz CT molecular complexity index is 712. The van der Waals surface area contributed by atoms with E-state index in [0.717, 1.165) is 24.9 Å². The lowest BCUT2D eigenvalue weighted by Gasteiger charge is -2.39. The number of aryl methyl sites for hydroxylation is 1. The van der Waals surface area contributed by atoms with Crippen LogP contribution in [-0.2, 0) is 18.3 Å². The van der Waals surface area contributed by atoms with Gasteiger partial charge in [-0.25, -0.2) is 4.39 Å². The quantitative estimate of drug-likeness (QED) is 0.905. The highest BCUT2D eigenvalue weighted by Crippen LogP contribution is 2.34. The van der Waals surface area contributed by atoms with E-state index in [9.17, 15) is 9.18 Å². The molecular formula is C19H25FN4O. The van der Waals surface area contributed by atoms with Crippen molar-refractivity contribution in [1.29, 1.82) is 0 Å². The summed E-state index contributed by atoms with van der Waals surface area (Å²) in [6.07, 6.45) is 4.31. The standard InChI is InChI=1S/C19H25FN4O/c1-23-11-3-4-15(19(23)17-9-10-22-24(17)2)13-21-18(25)12-14-5-7-16(20)8-6-14/h5-10,15,19H,3-4,11-13H2,1-2H3,(H,21,25)/t15-,19+/m0/s1. The molecule has 0 radical (unpaired) electrons. The van der Waals surface area contributed by atoms with Gasteiger partial charge in [0.1, 0.15) is 5.82 Å². The van der Waals surface area contributed by atoms with E-state index in [2.05, 4.69) is 28.4 Å². The summed E-state index contributed by atoms with van der Waals surface area (Å²) in [5.41, 5.74) is 2.00. The predicted octanol–water partition coefficient (Wildman–Crippen LogP) is 2.30. The first kappa shape index (κ1) is 17.6. The highest BCUT2D eigenvalue weighted by molar-refractivity contribution is 5.78. The molecule has 1 aromatic carbocycles. The number of carbonyl (C=O) groups excluding carboxylic acids is 1. The molecule has 1 aromatic heterocycles. The van der Waals surface area contributed by atoms with Gasteiger partial charge in [-0.1, -0.05) is 12.1 Å². The average Bonchev–Trinajstić information content (AvgIpc) is 3.01. The maximum atomic E-state index is 12.9. The number of likely N-dealkylation sites (tertiary alicyclic amines) is 1. The minimum Gasteiger partial charge on any atom is -0.355 e. The first-order valence-corrected chi connectivity index (χ1v) is 8.74. The van der Waals surface area contributed by atoms with E-state index in [1.165, 1.54) is 17.8 Å². The van der Waals surface area contributed by atoms with Crippen LogP contribution < -0.4 is 5.32 Å². The zero-order valence-corrected chi connectivity index (χ0v) is 14.8. The fraction of sp³-hybridized carbons (Fsp3) is 0.474. The first-order chi connectivity index (χ1) is 12.0. The van der Waals surface area contributed by atoms with E-state index < -0.39 is 0 Å². The van der Waals surface area contributed by atoms with Crippen molar-refractivity contribution in [2.75, 3.05) is 20.1 Å². The molecule has 1 amide bonds. The maximum absolute atomic E-state index is 12.9. The molecule has 0 saturated carbocycles. The lowest BCUT2D eigenvalue weighted by molar-refractivity contribution is -0.120. The molecule has 1 N–H and O–H groups in total. The van der Waals surface area contributed by atoms with Crippen molar-refractivity contribution in [3.63, 3.8) is 0 Å². The van der Waals surface area contributed by atoms with Crippen LogP contribution >= 0.6 is 0 Å². The fourth-order valence-corrected chi connectivity index (χ4v) is 3.71. The molecule has 2 atom stereocenters. The zero-order chi connectivity index (χ0) is 17.8. The second-order valence-corrected chi connectivity index (χ2v) is 6.81. The van der Waals surface area contributed by atoms with Crippen molar-refractivity contribution in [1.82, 2.24) is 20.0 Å². The van der Waals surface area contributed by atoms with Gasteiger partial charge in [0.05, 0.1) is 18.2 Å². The Kier molecular flexibility index (Phi) is 5.48. The maximum Gasteiger partial charge on any atom is 0.224 e. The fourth-order valence-electron chi connectivity index (χ4n) is 3.71. The van der Waals surface area contributed by atoms with E-state index in [0.29, 0.717) is 12.5 Å². The predicted molar refractivity (Wildman–Crippen MR) is 94.4 cm³/mol. The SMILES string of the molecule is CN1CCC[C@@H](CNC(=O)Cc2ccc(F)cc2)[C@@H]1c1ccnn1C. The Morgan fingerprint density at radius 3 is 2.72 bits per heavy atom. The van der Waals surface area contributed by atoms with E-state index in [-0.39, 0.29) is 24.2 Å². The average molecular weight is 344 g/mol. The first-order valence-electron chi connectivity index (χ1n) is 8.74. The number of benzene rings is 1. The number of nitrogens with zero attached hydrogens (tertiary/aromatic N) is 3. The van der Waals surface area contributed by atoms with Gasteiger partial charge in [0.2, 0.25) is 5.91 Å². The van der Waals surface area contributed by atoms with E-state index >= 15 is 0 Å². The molecule has 0 unspecified atom stereocenters. The number of carbonyl (C=O) groups is 1. The van der Waals surface area contributed by atoms with Gasteiger partial charge in [-0.2, -0.15) is 5.10 Å². The molecule has 3 rings (SSSR count). The van der Waals surface area contributed by atoms with Crippen LogP contribution in [0.1, 0.15) is 30.1 Å². The molecule has 1 aliphatic heterocycles. The van der Waals surface area contributed by atoms with Crippen LogP contribution in [0.15, 0.2) is 36.5 Å². The number of nitrogens with one attached hydrogen (secondary N) is 1. The molecule has 0 spiro atoms. The third-order valence-electron chi connectivity index (χ3n) is 5.01. The number of piperidine rings is 1. The summed E-state index contributed by atoms with van der Waals surface area (Å²) in [7, 11) is 4.09. The van der Waals surface area contributed by atoms with Gasteiger partial charge < -0.3 is 5.32 Å². The minimum atomic E-state index is -0.284. The molecule has 25 heavy (non-hydrogen) atoms. The number of amides is 1.